The van der Waals surface area contributed by atoms with E-state index in [1.54, 1.807) is 13.2 Å². The number of allylic oxidation sites excluding steroid dienone is 1. The molecule has 182 valence electrons. The molecule has 2 aliphatic rings. The number of pyridine rings is 1. The number of nitrogens with one attached hydrogen (secondary N) is 1. The molecule has 0 saturated carbocycles. The van der Waals surface area contributed by atoms with E-state index in [2.05, 4.69) is 52.8 Å². The van der Waals surface area contributed by atoms with Gasteiger partial charge < -0.3 is 14.2 Å². The van der Waals surface area contributed by atoms with E-state index in [9.17, 15) is 4.79 Å². The Labute approximate surface area is 205 Å². The van der Waals surface area contributed by atoms with Gasteiger partial charge in [0.25, 0.3) is 5.91 Å². The lowest BCUT2D eigenvalue weighted by Crippen LogP contribution is -2.45. The molecule has 0 spiro atoms. The van der Waals surface area contributed by atoms with Crippen LogP contribution >= 0.6 is 0 Å². The van der Waals surface area contributed by atoms with Gasteiger partial charge in [0, 0.05) is 44.0 Å². The minimum absolute atomic E-state index is 0.215. The van der Waals surface area contributed by atoms with Gasteiger partial charge in [-0.3, -0.25) is 15.1 Å². The van der Waals surface area contributed by atoms with Crippen molar-refractivity contribution in [1.82, 2.24) is 14.5 Å². The summed E-state index contributed by atoms with van der Waals surface area (Å²) in [5, 5.41) is 3.01. The zero-order valence-electron chi connectivity index (χ0n) is 21.3. The van der Waals surface area contributed by atoms with Gasteiger partial charge in [-0.15, -0.1) is 0 Å². The number of methoxy groups -OCH3 is 1. The van der Waals surface area contributed by atoms with Crippen molar-refractivity contribution in [3.63, 3.8) is 0 Å². The van der Waals surface area contributed by atoms with Crippen LogP contribution in [0, 0.1) is 12.8 Å². The topological polar surface area (TPSA) is 75.3 Å². The third-order valence-electron chi connectivity index (χ3n) is 7.12. The largest absolute Gasteiger partial charge is 0.500 e. The first-order valence-corrected chi connectivity index (χ1v) is 12.1. The number of amides is 1. The standard InChI is InChI=1S/C27H32N6O2/c1-16-14-33(15-16)20-7-8-21-23(13-20)32(5)27(29-21)30-26(34)19-11-17(2)28-22(12-19)25-18(3)31(4)10-9-24(25)35-6/h7-8,11-13,16H,9-10,14-15H2,1-6H3/p+1. The zero-order valence-corrected chi connectivity index (χ0v) is 21.3. The van der Waals surface area contributed by atoms with Gasteiger partial charge in [0.2, 0.25) is 5.95 Å². The van der Waals surface area contributed by atoms with Crippen LogP contribution in [0.1, 0.15) is 42.0 Å². The van der Waals surface area contributed by atoms with Crippen molar-refractivity contribution in [2.45, 2.75) is 27.2 Å². The van der Waals surface area contributed by atoms with Crippen molar-refractivity contribution in [2.24, 2.45) is 13.0 Å². The average Bonchev–Trinajstić information content (AvgIpc) is 3.12. The molecule has 1 saturated heterocycles. The summed E-state index contributed by atoms with van der Waals surface area (Å²) in [5.41, 5.74) is 7.14. The van der Waals surface area contributed by atoms with E-state index in [-0.39, 0.29) is 5.91 Å². The lowest BCUT2D eigenvalue weighted by atomic mass is 9.99. The predicted molar refractivity (Wildman–Crippen MR) is 139 cm³/mol. The number of hydrogen-bond donors (Lipinski definition) is 1. The first-order valence-electron chi connectivity index (χ1n) is 12.1. The van der Waals surface area contributed by atoms with E-state index in [0.717, 1.165) is 71.4 Å². The van der Waals surface area contributed by atoms with Crippen molar-refractivity contribution >= 4 is 39.9 Å². The van der Waals surface area contributed by atoms with Crippen LogP contribution in [0.2, 0.25) is 0 Å². The van der Waals surface area contributed by atoms with Crippen molar-refractivity contribution < 1.29 is 14.1 Å². The molecule has 1 N–H and O–H groups in total. The first kappa shape index (κ1) is 23.1. The molecule has 0 radical (unpaired) electrons. The Balaban J connectivity index is 1.45. The Bertz CT molecular complexity index is 1390. The van der Waals surface area contributed by atoms with Crippen LogP contribution in [0.4, 0.5) is 11.6 Å². The number of rotatable bonds is 5. The maximum absolute atomic E-state index is 13.3. The van der Waals surface area contributed by atoms with Crippen molar-refractivity contribution in [3.8, 4) is 0 Å². The molecule has 0 bridgehead atoms. The second kappa shape index (κ2) is 8.83. The monoisotopic (exact) mass is 473 g/mol. The van der Waals surface area contributed by atoms with Crippen molar-refractivity contribution in [1.29, 1.82) is 0 Å². The van der Waals surface area contributed by atoms with Crippen LogP contribution in [0.25, 0.3) is 16.6 Å². The van der Waals surface area contributed by atoms with Gasteiger partial charge in [-0.2, -0.15) is 0 Å². The number of aryl methyl sites for hydroxylation is 2. The lowest BCUT2D eigenvalue weighted by molar-refractivity contribution is -0.497. The summed E-state index contributed by atoms with van der Waals surface area (Å²) in [6, 6.07) is 9.92. The summed E-state index contributed by atoms with van der Waals surface area (Å²) in [5.74, 6) is 1.93. The van der Waals surface area contributed by atoms with E-state index in [4.69, 9.17) is 9.72 Å². The van der Waals surface area contributed by atoms with E-state index in [1.807, 2.05) is 30.7 Å². The van der Waals surface area contributed by atoms with E-state index in [1.165, 1.54) is 5.69 Å². The molecule has 8 heteroatoms. The fraction of sp³-hybridized carbons (Fsp3) is 0.407. The summed E-state index contributed by atoms with van der Waals surface area (Å²) in [6.45, 7) is 9.27. The highest BCUT2D eigenvalue weighted by Gasteiger charge is 2.27. The van der Waals surface area contributed by atoms with Gasteiger partial charge in [-0.05, 0) is 43.2 Å². The number of aromatic nitrogens is 3. The molecule has 2 aromatic heterocycles. The Kier molecular flexibility index (Phi) is 5.83. The molecule has 2 aliphatic heterocycles. The summed E-state index contributed by atoms with van der Waals surface area (Å²) < 4.78 is 9.81. The number of imidazole rings is 1. The summed E-state index contributed by atoms with van der Waals surface area (Å²) in [6.07, 6.45) is 0.801. The smallest absolute Gasteiger partial charge is 0.258 e. The third kappa shape index (κ3) is 4.17. The highest BCUT2D eigenvalue weighted by molar-refractivity contribution is 6.21. The quantitative estimate of drug-likeness (QED) is 0.570. The molecule has 8 nitrogen and oxygen atoms in total. The van der Waals surface area contributed by atoms with E-state index in [0.29, 0.717) is 11.5 Å². The third-order valence-corrected chi connectivity index (χ3v) is 7.12. The van der Waals surface area contributed by atoms with Gasteiger partial charge >= 0.3 is 0 Å². The fourth-order valence-electron chi connectivity index (χ4n) is 4.98. The molecule has 4 heterocycles. The number of fused-ring (bicyclic) bond motifs is 1. The molecule has 0 aliphatic carbocycles. The normalized spacial score (nSPS) is 16.7. The van der Waals surface area contributed by atoms with E-state index < -0.39 is 0 Å². The Morgan fingerprint density at radius 2 is 1.94 bits per heavy atom. The van der Waals surface area contributed by atoms with E-state index >= 15 is 0 Å². The molecule has 5 rings (SSSR count). The second-order valence-corrected chi connectivity index (χ2v) is 9.77. The number of carbonyl (C=O) groups is 1. The molecule has 0 unspecified atom stereocenters. The van der Waals surface area contributed by atoms with Crippen LogP contribution in [0.15, 0.2) is 36.1 Å². The van der Waals surface area contributed by atoms with Crippen LogP contribution in [-0.2, 0) is 11.8 Å². The Hall–Kier alpha value is -3.68. The maximum Gasteiger partial charge on any atom is 0.258 e. The molecule has 1 fully saturated rings. The van der Waals surface area contributed by atoms with Crippen LogP contribution in [-0.4, -0.2) is 64.5 Å². The number of hydrogen-bond acceptors (Lipinski definition) is 5. The van der Waals surface area contributed by atoms with Crippen LogP contribution < -0.4 is 10.2 Å². The minimum atomic E-state index is -0.215. The van der Waals surface area contributed by atoms with Gasteiger partial charge in [0.15, 0.2) is 5.71 Å². The zero-order chi connectivity index (χ0) is 24.9. The number of carbonyl (C=O) groups excluding carboxylic acids is 1. The van der Waals surface area contributed by atoms with Gasteiger partial charge in [-0.25, -0.2) is 9.56 Å². The molecule has 1 amide bonds. The number of nitrogens with zero attached hydrogens (tertiary/aromatic N) is 5. The number of benzene rings is 1. The highest BCUT2D eigenvalue weighted by atomic mass is 16.5. The first-order chi connectivity index (χ1) is 16.7. The fourth-order valence-corrected chi connectivity index (χ4v) is 4.98. The van der Waals surface area contributed by atoms with Crippen molar-refractivity contribution in [3.05, 3.63) is 53.0 Å². The molecule has 1 aromatic carbocycles. The number of anilines is 2. The van der Waals surface area contributed by atoms with Gasteiger partial charge in [0.05, 0.1) is 30.3 Å². The number of ether oxygens (including phenoxy) is 1. The SMILES string of the molecule is COC1=C(c2cc(C(=O)Nc3nc4ccc(N5CC(C)C5)cc4n3C)cc(C)n2)C(C)=[N+](C)CC1. The molecule has 35 heavy (non-hydrogen) atoms. The summed E-state index contributed by atoms with van der Waals surface area (Å²) >= 11 is 0. The lowest BCUT2D eigenvalue weighted by Gasteiger charge is -2.39. The average molecular weight is 474 g/mol. The molecular formula is C27H33N6O2+. The summed E-state index contributed by atoms with van der Waals surface area (Å²) in [7, 11) is 5.69. The maximum atomic E-state index is 13.3. The summed E-state index contributed by atoms with van der Waals surface area (Å²) in [4.78, 5) is 25.1. The molecule has 3 aromatic rings. The van der Waals surface area contributed by atoms with Crippen molar-refractivity contribution in [2.75, 3.05) is 44.0 Å². The molecule has 0 atom stereocenters. The predicted octanol–water partition coefficient (Wildman–Crippen LogP) is 3.85. The second-order valence-electron chi connectivity index (χ2n) is 9.77. The molecular weight excluding hydrogens is 440 g/mol. The highest BCUT2D eigenvalue weighted by Crippen LogP contribution is 2.29. The van der Waals surface area contributed by atoms with Crippen LogP contribution in [0.5, 0.6) is 0 Å². The van der Waals surface area contributed by atoms with Gasteiger partial charge in [-0.1, -0.05) is 6.92 Å². The Morgan fingerprint density at radius 3 is 2.66 bits per heavy atom. The minimum Gasteiger partial charge on any atom is -0.500 e. The Morgan fingerprint density at radius 1 is 1.17 bits per heavy atom. The van der Waals surface area contributed by atoms with Crippen LogP contribution in [0.3, 0.4) is 0 Å². The van der Waals surface area contributed by atoms with Gasteiger partial charge in [0.1, 0.15) is 24.9 Å².